The van der Waals surface area contributed by atoms with Crippen LogP contribution in [0, 0.1) is 5.92 Å². The number of aliphatic carboxylic acids is 2. The van der Waals surface area contributed by atoms with Gasteiger partial charge in [-0.3, -0.25) is 19.2 Å². The zero-order chi connectivity index (χ0) is 28.2. The molecule has 11 nitrogen and oxygen atoms in total. The summed E-state index contributed by atoms with van der Waals surface area (Å²) in [5, 5.41) is 26.1. The van der Waals surface area contributed by atoms with Crippen molar-refractivity contribution in [3.05, 3.63) is 71.8 Å². The van der Waals surface area contributed by atoms with Gasteiger partial charge in [0.1, 0.15) is 18.1 Å². The van der Waals surface area contributed by atoms with Crippen molar-refractivity contribution in [1.82, 2.24) is 16.0 Å². The summed E-state index contributed by atoms with van der Waals surface area (Å²) in [6, 6.07) is 12.6. The van der Waals surface area contributed by atoms with E-state index in [4.69, 9.17) is 5.73 Å². The summed E-state index contributed by atoms with van der Waals surface area (Å²) in [7, 11) is 0. The van der Waals surface area contributed by atoms with Crippen LogP contribution in [0.25, 0.3) is 0 Å². The summed E-state index contributed by atoms with van der Waals surface area (Å²) >= 11 is 0. The van der Waals surface area contributed by atoms with Gasteiger partial charge in [-0.25, -0.2) is 4.79 Å². The molecule has 2 rings (SSSR count). The van der Waals surface area contributed by atoms with E-state index in [1.54, 1.807) is 68.4 Å². The minimum absolute atomic E-state index is 0.00407. The number of nitrogens with two attached hydrogens (primary N) is 1. The van der Waals surface area contributed by atoms with Crippen molar-refractivity contribution in [2.75, 3.05) is 0 Å². The molecule has 0 saturated carbocycles. The molecule has 204 valence electrons. The predicted octanol–water partition coefficient (Wildman–Crippen LogP) is 0.469. The Bertz CT molecular complexity index is 1110. The van der Waals surface area contributed by atoms with Gasteiger partial charge >= 0.3 is 11.9 Å². The van der Waals surface area contributed by atoms with Gasteiger partial charge in [-0.1, -0.05) is 74.5 Å². The van der Waals surface area contributed by atoms with Gasteiger partial charge in [-0.15, -0.1) is 0 Å². The van der Waals surface area contributed by atoms with Gasteiger partial charge < -0.3 is 31.9 Å². The summed E-state index contributed by atoms with van der Waals surface area (Å²) in [6.45, 7) is 3.25. The molecular formula is C27H34N4O7. The van der Waals surface area contributed by atoms with E-state index < -0.39 is 66.2 Å². The molecule has 0 spiro atoms. The first kappa shape index (κ1) is 30.0. The summed E-state index contributed by atoms with van der Waals surface area (Å²) in [5.41, 5.74) is 7.44. The molecule has 0 radical (unpaired) electrons. The lowest BCUT2D eigenvalue weighted by Crippen LogP contribution is -2.58. The fraction of sp³-hybridized carbons (Fsp3) is 0.370. The molecule has 0 saturated heterocycles. The van der Waals surface area contributed by atoms with Gasteiger partial charge in [-0.2, -0.15) is 0 Å². The molecule has 0 bridgehead atoms. The molecule has 0 fully saturated rings. The van der Waals surface area contributed by atoms with E-state index >= 15 is 0 Å². The van der Waals surface area contributed by atoms with E-state index in [2.05, 4.69) is 16.0 Å². The van der Waals surface area contributed by atoms with E-state index in [0.717, 1.165) is 5.56 Å². The van der Waals surface area contributed by atoms with Crippen LogP contribution in [-0.4, -0.2) is 64.0 Å². The summed E-state index contributed by atoms with van der Waals surface area (Å²) in [4.78, 5) is 61.9. The van der Waals surface area contributed by atoms with Crippen LogP contribution in [0.15, 0.2) is 60.7 Å². The van der Waals surface area contributed by atoms with E-state index in [-0.39, 0.29) is 12.8 Å². The monoisotopic (exact) mass is 526 g/mol. The first-order valence-corrected chi connectivity index (χ1v) is 12.2. The maximum Gasteiger partial charge on any atom is 0.326 e. The minimum Gasteiger partial charge on any atom is -0.481 e. The number of hydrogen-bond acceptors (Lipinski definition) is 6. The quantitative estimate of drug-likeness (QED) is 0.205. The van der Waals surface area contributed by atoms with E-state index in [9.17, 15) is 34.2 Å². The lowest BCUT2D eigenvalue weighted by molar-refractivity contribution is -0.144. The largest absolute Gasteiger partial charge is 0.481 e. The van der Waals surface area contributed by atoms with Crippen LogP contribution >= 0.6 is 0 Å². The van der Waals surface area contributed by atoms with Crippen LogP contribution in [0.1, 0.15) is 31.4 Å². The minimum atomic E-state index is -1.52. The lowest BCUT2D eigenvalue weighted by atomic mass is 10.0. The Labute approximate surface area is 220 Å². The third-order valence-corrected chi connectivity index (χ3v) is 5.79. The molecule has 3 amide bonds. The summed E-state index contributed by atoms with van der Waals surface area (Å²) in [6.07, 6.45) is -0.581. The van der Waals surface area contributed by atoms with Gasteiger partial charge in [0.15, 0.2) is 0 Å². The molecule has 7 N–H and O–H groups in total. The number of carbonyl (C=O) groups excluding carboxylic acids is 3. The Balaban J connectivity index is 2.20. The molecule has 38 heavy (non-hydrogen) atoms. The summed E-state index contributed by atoms with van der Waals surface area (Å²) in [5.74, 6) is -5.43. The van der Waals surface area contributed by atoms with Crippen LogP contribution in [0.3, 0.4) is 0 Å². The van der Waals surface area contributed by atoms with Crippen LogP contribution in [0.2, 0.25) is 0 Å². The first-order valence-electron chi connectivity index (χ1n) is 12.2. The molecule has 0 aliphatic carbocycles. The fourth-order valence-electron chi connectivity index (χ4n) is 3.72. The van der Waals surface area contributed by atoms with Crippen molar-refractivity contribution >= 4 is 29.7 Å². The number of carboxylic acid groups (broad SMARTS) is 2. The van der Waals surface area contributed by atoms with Crippen LogP contribution in [0.4, 0.5) is 0 Å². The number of benzene rings is 2. The average molecular weight is 527 g/mol. The Morgan fingerprint density at radius 3 is 1.66 bits per heavy atom. The molecule has 0 aliphatic rings. The molecule has 2 aromatic carbocycles. The highest BCUT2D eigenvalue weighted by Gasteiger charge is 2.32. The van der Waals surface area contributed by atoms with Crippen molar-refractivity contribution in [2.45, 2.75) is 57.3 Å². The maximum absolute atomic E-state index is 13.1. The normalized spacial score (nSPS) is 14.0. The topological polar surface area (TPSA) is 188 Å². The Morgan fingerprint density at radius 2 is 1.18 bits per heavy atom. The number of rotatable bonds is 14. The Morgan fingerprint density at radius 1 is 0.711 bits per heavy atom. The fourth-order valence-corrected chi connectivity index (χ4v) is 3.72. The highest BCUT2D eigenvalue weighted by molar-refractivity contribution is 5.95. The lowest BCUT2D eigenvalue weighted by Gasteiger charge is -2.25. The number of carbonyl (C=O) groups is 5. The van der Waals surface area contributed by atoms with Gasteiger partial charge in [0, 0.05) is 6.42 Å². The highest BCUT2D eigenvalue weighted by Crippen LogP contribution is 2.08. The molecular weight excluding hydrogens is 492 g/mol. The van der Waals surface area contributed by atoms with Gasteiger partial charge in [0.2, 0.25) is 17.7 Å². The van der Waals surface area contributed by atoms with E-state index in [0.29, 0.717) is 5.56 Å². The van der Waals surface area contributed by atoms with E-state index in [1.807, 2.05) is 6.07 Å². The molecule has 0 heterocycles. The summed E-state index contributed by atoms with van der Waals surface area (Å²) < 4.78 is 0. The van der Waals surface area contributed by atoms with Crippen molar-refractivity contribution in [3.63, 3.8) is 0 Å². The average Bonchev–Trinajstić information content (AvgIpc) is 2.86. The molecule has 2 aromatic rings. The smallest absolute Gasteiger partial charge is 0.326 e. The standard InChI is InChI=1S/C27H34N4O7/c1-16(2)23(27(37)38)31-26(36)20(14-18-11-7-4-8-12-18)30-25(35)21(15-22(32)33)29-24(34)19(28)13-17-9-5-3-6-10-17/h3-12,16,19-21,23H,13-15,28H2,1-2H3,(H,29,34)(H,30,35)(H,31,36)(H,32,33)(H,37,38). The zero-order valence-electron chi connectivity index (χ0n) is 21.3. The number of carboxylic acids is 2. The Hall–Kier alpha value is -4.25. The van der Waals surface area contributed by atoms with Crippen LogP contribution in [-0.2, 0) is 36.8 Å². The van der Waals surface area contributed by atoms with E-state index in [1.165, 1.54) is 0 Å². The molecule has 4 atom stereocenters. The SMILES string of the molecule is CC(C)C(NC(=O)C(Cc1ccccc1)NC(=O)C(CC(=O)O)NC(=O)C(N)Cc1ccccc1)C(=O)O. The molecule has 0 aliphatic heterocycles. The molecule has 4 unspecified atom stereocenters. The highest BCUT2D eigenvalue weighted by atomic mass is 16.4. The zero-order valence-corrected chi connectivity index (χ0v) is 21.3. The second kappa shape index (κ2) is 14.5. The number of hydrogen-bond donors (Lipinski definition) is 6. The Kier molecular flexibility index (Phi) is 11.4. The van der Waals surface area contributed by atoms with Gasteiger partial charge in [-0.05, 0) is 23.5 Å². The first-order chi connectivity index (χ1) is 18.0. The second-order valence-electron chi connectivity index (χ2n) is 9.27. The predicted molar refractivity (Wildman–Crippen MR) is 139 cm³/mol. The van der Waals surface area contributed by atoms with Crippen molar-refractivity contribution < 1.29 is 34.2 Å². The van der Waals surface area contributed by atoms with Crippen molar-refractivity contribution in [3.8, 4) is 0 Å². The van der Waals surface area contributed by atoms with Crippen molar-refractivity contribution in [2.24, 2.45) is 11.7 Å². The second-order valence-corrected chi connectivity index (χ2v) is 9.27. The number of nitrogens with one attached hydrogen (secondary N) is 3. The van der Waals surface area contributed by atoms with Gasteiger partial charge in [0.05, 0.1) is 12.5 Å². The van der Waals surface area contributed by atoms with Crippen LogP contribution < -0.4 is 21.7 Å². The van der Waals surface area contributed by atoms with Crippen molar-refractivity contribution in [1.29, 1.82) is 0 Å². The third kappa shape index (κ3) is 9.66. The maximum atomic E-state index is 13.1. The molecule has 0 aromatic heterocycles. The number of amides is 3. The molecule has 11 heteroatoms. The third-order valence-electron chi connectivity index (χ3n) is 5.79. The van der Waals surface area contributed by atoms with Crippen LogP contribution in [0.5, 0.6) is 0 Å². The van der Waals surface area contributed by atoms with Gasteiger partial charge in [0.25, 0.3) is 0 Å².